The van der Waals surface area contributed by atoms with Crippen LogP contribution < -0.4 is 5.32 Å². The first-order chi connectivity index (χ1) is 9.06. The van der Waals surface area contributed by atoms with Crippen molar-refractivity contribution in [1.29, 1.82) is 0 Å². The molecule has 0 radical (unpaired) electrons. The maximum Gasteiger partial charge on any atom is 0.0612 e. The third-order valence-electron chi connectivity index (χ3n) is 3.91. The summed E-state index contributed by atoms with van der Waals surface area (Å²) in [6, 6.07) is 9.54. The Kier molecular flexibility index (Phi) is 5.43. The summed E-state index contributed by atoms with van der Waals surface area (Å²) in [5, 5.41) is 3.74. The molecule has 3 heteroatoms. The quantitative estimate of drug-likeness (QED) is 0.890. The molecule has 1 N–H and O–H groups in total. The molecule has 1 saturated heterocycles. The highest BCUT2D eigenvalue weighted by atomic mass is 79.9. The molecule has 1 aromatic rings. The van der Waals surface area contributed by atoms with Crippen LogP contribution in [0, 0.1) is 5.92 Å². The molecule has 0 amide bonds. The molecule has 0 spiro atoms. The van der Waals surface area contributed by atoms with E-state index in [1.165, 1.54) is 5.56 Å². The molecule has 1 fully saturated rings. The number of ether oxygens (including phenoxy) is 1. The molecule has 106 valence electrons. The van der Waals surface area contributed by atoms with Crippen LogP contribution in [-0.2, 0) is 4.74 Å². The van der Waals surface area contributed by atoms with Gasteiger partial charge >= 0.3 is 0 Å². The van der Waals surface area contributed by atoms with E-state index >= 15 is 0 Å². The second-order valence-electron chi connectivity index (χ2n) is 5.81. The number of hydrogen-bond acceptors (Lipinski definition) is 2. The fourth-order valence-corrected chi connectivity index (χ4v) is 2.91. The van der Waals surface area contributed by atoms with Crippen LogP contribution in [0.2, 0.25) is 0 Å². The monoisotopic (exact) mass is 325 g/mol. The van der Waals surface area contributed by atoms with E-state index in [0.29, 0.717) is 24.1 Å². The Hall–Kier alpha value is -0.380. The first kappa shape index (κ1) is 15.0. The van der Waals surface area contributed by atoms with Crippen molar-refractivity contribution in [2.24, 2.45) is 5.92 Å². The van der Waals surface area contributed by atoms with Gasteiger partial charge in [0.15, 0.2) is 0 Å². The van der Waals surface area contributed by atoms with Crippen molar-refractivity contribution < 1.29 is 4.74 Å². The summed E-state index contributed by atoms with van der Waals surface area (Å²) in [6.07, 6.45) is 2.64. The first-order valence-electron chi connectivity index (χ1n) is 7.19. The number of nitrogens with one attached hydrogen (secondary N) is 1. The zero-order valence-corrected chi connectivity index (χ0v) is 13.6. The van der Waals surface area contributed by atoms with Crippen molar-refractivity contribution in [1.82, 2.24) is 5.32 Å². The number of halogens is 1. The lowest BCUT2D eigenvalue weighted by Crippen LogP contribution is -2.41. The molecule has 1 aromatic carbocycles. The highest BCUT2D eigenvalue weighted by molar-refractivity contribution is 9.10. The van der Waals surface area contributed by atoms with Gasteiger partial charge in [-0.25, -0.2) is 0 Å². The molecular weight excluding hydrogens is 302 g/mol. The van der Waals surface area contributed by atoms with Crippen molar-refractivity contribution in [2.45, 2.75) is 51.8 Å². The van der Waals surface area contributed by atoms with Crippen LogP contribution in [0.1, 0.15) is 45.2 Å². The van der Waals surface area contributed by atoms with Crippen LogP contribution in [0.15, 0.2) is 28.7 Å². The number of benzene rings is 1. The summed E-state index contributed by atoms with van der Waals surface area (Å²) in [7, 11) is 0. The highest BCUT2D eigenvalue weighted by Gasteiger charge is 2.25. The zero-order chi connectivity index (χ0) is 13.8. The van der Waals surface area contributed by atoms with Gasteiger partial charge in [-0.2, -0.15) is 0 Å². The minimum Gasteiger partial charge on any atom is -0.378 e. The van der Waals surface area contributed by atoms with Crippen molar-refractivity contribution >= 4 is 15.9 Å². The van der Waals surface area contributed by atoms with Gasteiger partial charge in [-0.3, -0.25) is 0 Å². The van der Waals surface area contributed by atoms with Crippen LogP contribution in [0.5, 0.6) is 0 Å². The van der Waals surface area contributed by atoms with Crippen molar-refractivity contribution in [3.8, 4) is 0 Å². The summed E-state index contributed by atoms with van der Waals surface area (Å²) in [6.45, 7) is 7.60. The van der Waals surface area contributed by atoms with Gasteiger partial charge in [0.2, 0.25) is 0 Å². The second-order valence-corrected chi connectivity index (χ2v) is 6.73. The predicted octanol–water partition coefficient (Wildman–Crippen LogP) is 4.30. The van der Waals surface area contributed by atoms with Gasteiger partial charge < -0.3 is 10.1 Å². The van der Waals surface area contributed by atoms with Crippen molar-refractivity contribution in [2.75, 3.05) is 6.61 Å². The Morgan fingerprint density at radius 3 is 2.53 bits per heavy atom. The largest absolute Gasteiger partial charge is 0.378 e. The van der Waals surface area contributed by atoms with E-state index in [1.54, 1.807) is 0 Å². The Morgan fingerprint density at radius 2 is 1.89 bits per heavy atom. The summed E-state index contributed by atoms with van der Waals surface area (Å²) < 4.78 is 6.96. The molecular formula is C16H24BrNO. The smallest absolute Gasteiger partial charge is 0.0612 e. The van der Waals surface area contributed by atoms with Crippen LogP contribution in [0.4, 0.5) is 0 Å². The molecule has 1 aliphatic rings. The van der Waals surface area contributed by atoms with Gasteiger partial charge in [-0.1, -0.05) is 41.9 Å². The third-order valence-corrected chi connectivity index (χ3v) is 4.44. The topological polar surface area (TPSA) is 21.3 Å². The lowest BCUT2D eigenvalue weighted by atomic mass is 9.94. The average molecular weight is 326 g/mol. The predicted molar refractivity (Wildman–Crippen MR) is 83.3 cm³/mol. The maximum atomic E-state index is 5.83. The standard InChI is InChI=1S/C16H24BrNO/c1-11(2)16-10-15(8-9-19-16)18-12(3)13-4-6-14(17)7-5-13/h4-7,11-12,15-16,18H,8-10H2,1-3H3. The van der Waals surface area contributed by atoms with E-state index in [4.69, 9.17) is 4.74 Å². The molecule has 1 heterocycles. The summed E-state index contributed by atoms with van der Waals surface area (Å²) in [5.41, 5.74) is 1.34. The van der Waals surface area contributed by atoms with Crippen LogP contribution in [0.3, 0.4) is 0 Å². The van der Waals surface area contributed by atoms with E-state index in [-0.39, 0.29) is 0 Å². The van der Waals surface area contributed by atoms with E-state index < -0.39 is 0 Å². The molecule has 3 unspecified atom stereocenters. The Morgan fingerprint density at radius 1 is 1.21 bits per heavy atom. The second kappa shape index (κ2) is 6.87. The van der Waals surface area contributed by atoms with Crippen LogP contribution >= 0.6 is 15.9 Å². The Labute approximate surface area is 125 Å². The molecule has 2 nitrogen and oxygen atoms in total. The Balaban J connectivity index is 1.91. The lowest BCUT2D eigenvalue weighted by molar-refractivity contribution is -0.0256. The van der Waals surface area contributed by atoms with Gasteiger partial charge in [0.05, 0.1) is 6.10 Å². The van der Waals surface area contributed by atoms with Crippen molar-refractivity contribution in [3.05, 3.63) is 34.3 Å². The zero-order valence-electron chi connectivity index (χ0n) is 12.0. The van der Waals surface area contributed by atoms with Gasteiger partial charge in [0.25, 0.3) is 0 Å². The van der Waals surface area contributed by atoms with Gasteiger partial charge in [0.1, 0.15) is 0 Å². The molecule has 0 saturated carbocycles. The molecule has 2 rings (SSSR count). The maximum absolute atomic E-state index is 5.83. The van der Waals surface area contributed by atoms with Gasteiger partial charge in [0, 0.05) is 23.2 Å². The summed E-state index contributed by atoms with van der Waals surface area (Å²) in [5.74, 6) is 0.604. The first-order valence-corrected chi connectivity index (χ1v) is 7.98. The van der Waals surface area contributed by atoms with Crippen molar-refractivity contribution in [3.63, 3.8) is 0 Å². The minimum absolute atomic E-state index is 0.393. The third kappa shape index (κ3) is 4.30. The van der Waals surface area contributed by atoms with E-state index in [9.17, 15) is 0 Å². The normalized spacial score (nSPS) is 25.5. The van der Waals surface area contributed by atoms with E-state index in [0.717, 1.165) is 23.9 Å². The van der Waals surface area contributed by atoms with E-state index in [1.807, 2.05) is 0 Å². The summed E-state index contributed by atoms with van der Waals surface area (Å²) in [4.78, 5) is 0. The summed E-state index contributed by atoms with van der Waals surface area (Å²) >= 11 is 3.48. The molecule has 0 aromatic heterocycles. The molecule has 0 bridgehead atoms. The minimum atomic E-state index is 0.393. The fourth-order valence-electron chi connectivity index (χ4n) is 2.65. The molecule has 19 heavy (non-hydrogen) atoms. The number of hydrogen-bond donors (Lipinski definition) is 1. The van der Waals surface area contributed by atoms with Crippen LogP contribution in [-0.4, -0.2) is 18.8 Å². The Bertz CT molecular complexity index is 390. The number of rotatable bonds is 4. The molecule has 1 aliphatic heterocycles. The van der Waals surface area contributed by atoms with Gasteiger partial charge in [-0.05, 0) is 43.4 Å². The average Bonchev–Trinajstić information content (AvgIpc) is 2.39. The van der Waals surface area contributed by atoms with E-state index in [2.05, 4.69) is 66.3 Å². The molecule has 0 aliphatic carbocycles. The van der Waals surface area contributed by atoms with Crippen LogP contribution in [0.25, 0.3) is 0 Å². The fraction of sp³-hybridized carbons (Fsp3) is 0.625. The molecule has 3 atom stereocenters. The lowest BCUT2D eigenvalue weighted by Gasteiger charge is -2.34. The highest BCUT2D eigenvalue weighted by Crippen LogP contribution is 2.23. The van der Waals surface area contributed by atoms with Gasteiger partial charge in [-0.15, -0.1) is 0 Å². The SMILES string of the molecule is CC(NC1CCOC(C(C)C)C1)c1ccc(Br)cc1.